The van der Waals surface area contributed by atoms with Gasteiger partial charge in [-0.05, 0) is 43.3 Å². The van der Waals surface area contributed by atoms with Crippen LogP contribution < -0.4 is 0 Å². The number of nitrogens with zero attached hydrogens (tertiary/aromatic N) is 2. The molecular formula is C18H26N2O. The molecule has 21 heavy (non-hydrogen) atoms. The Morgan fingerprint density at radius 3 is 2.81 bits per heavy atom. The number of hydrogen-bond acceptors (Lipinski definition) is 2. The van der Waals surface area contributed by atoms with Crippen LogP contribution in [0.5, 0.6) is 0 Å². The molecule has 0 spiro atoms. The van der Waals surface area contributed by atoms with E-state index in [9.17, 15) is 5.11 Å². The van der Waals surface area contributed by atoms with E-state index in [0.717, 1.165) is 32.5 Å². The third-order valence-electron chi connectivity index (χ3n) is 5.26. The van der Waals surface area contributed by atoms with Gasteiger partial charge in [0.25, 0.3) is 0 Å². The van der Waals surface area contributed by atoms with Crippen molar-refractivity contribution >= 4 is 10.9 Å². The summed E-state index contributed by atoms with van der Waals surface area (Å²) in [7, 11) is 2.15. The lowest BCUT2D eigenvalue weighted by Gasteiger charge is -2.41. The summed E-state index contributed by atoms with van der Waals surface area (Å²) >= 11 is 0. The molecule has 0 saturated carbocycles. The molecule has 2 aromatic rings. The summed E-state index contributed by atoms with van der Waals surface area (Å²) < 4.78 is 2.30. The molecule has 1 saturated heterocycles. The number of aliphatic hydroxyl groups is 1. The molecule has 3 heteroatoms. The summed E-state index contributed by atoms with van der Waals surface area (Å²) in [6.45, 7) is 5.66. The molecule has 0 radical (unpaired) electrons. The molecule has 1 aliphatic heterocycles. The standard InChI is InChI=1S/C18H26N2O/c1-3-18(14-21)9-6-10-20(13-18)12-16-11-15-7-4-5-8-17(15)19(16)2/h4-5,7-8,11,21H,3,6,9-10,12-14H2,1-2H3/t18-/m1/s1. The van der Waals surface area contributed by atoms with E-state index >= 15 is 0 Å². The van der Waals surface area contributed by atoms with Gasteiger partial charge in [0.1, 0.15) is 0 Å². The number of hydrogen-bond donors (Lipinski definition) is 1. The van der Waals surface area contributed by atoms with Gasteiger partial charge < -0.3 is 9.67 Å². The van der Waals surface area contributed by atoms with Crippen LogP contribution in [0.2, 0.25) is 0 Å². The zero-order valence-corrected chi connectivity index (χ0v) is 13.2. The van der Waals surface area contributed by atoms with Crippen LogP contribution in [0.15, 0.2) is 30.3 Å². The van der Waals surface area contributed by atoms with Gasteiger partial charge in [-0.25, -0.2) is 0 Å². The van der Waals surface area contributed by atoms with Gasteiger partial charge >= 0.3 is 0 Å². The molecule has 3 rings (SSSR count). The Balaban J connectivity index is 1.80. The third kappa shape index (κ3) is 2.72. The summed E-state index contributed by atoms with van der Waals surface area (Å²) in [5, 5.41) is 11.1. The fourth-order valence-corrected chi connectivity index (χ4v) is 3.70. The largest absolute Gasteiger partial charge is 0.396 e. The van der Waals surface area contributed by atoms with E-state index < -0.39 is 0 Å². The SMILES string of the molecule is CC[C@@]1(CO)CCCN(Cc2cc3ccccc3n2C)C1. The minimum atomic E-state index is 0.114. The average molecular weight is 286 g/mol. The van der Waals surface area contributed by atoms with Crippen LogP contribution in [0.25, 0.3) is 10.9 Å². The highest BCUT2D eigenvalue weighted by Gasteiger charge is 2.33. The summed E-state index contributed by atoms with van der Waals surface area (Å²) in [4.78, 5) is 2.51. The van der Waals surface area contributed by atoms with Crippen molar-refractivity contribution in [2.45, 2.75) is 32.7 Å². The molecule has 3 nitrogen and oxygen atoms in total. The van der Waals surface area contributed by atoms with Crippen LogP contribution in [0.1, 0.15) is 31.9 Å². The van der Waals surface area contributed by atoms with Gasteiger partial charge in [0.2, 0.25) is 0 Å². The van der Waals surface area contributed by atoms with Gasteiger partial charge in [-0.3, -0.25) is 4.90 Å². The maximum absolute atomic E-state index is 9.76. The Morgan fingerprint density at radius 1 is 1.29 bits per heavy atom. The second kappa shape index (κ2) is 5.82. The number of rotatable bonds is 4. The van der Waals surface area contributed by atoms with E-state index in [2.05, 4.69) is 53.8 Å². The molecule has 1 fully saturated rings. The number of aliphatic hydroxyl groups excluding tert-OH is 1. The van der Waals surface area contributed by atoms with Crippen LogP contribution in [0.4, 0.5) is 0 Å². The molecule has 1 aromatic heterocycles. The molecule has 0 aliphatic carbocycles. The van der Waals surface area contributed by atoms with Crippen molar-refractivity contribution in [3.8, 4) is 0 Å². The number of aromatic nitrogens is 1. The van der Waals surface area contributed by atoms with Gasteiger partial charge in [-0.1, -0.05) is 25.1 Å². The number of aryl methyl sites for hydroxylation is 1. The third-order valence-corrected chi connectivity index (χ3v) is 5.26. The first kappa shape index (κ1) is 14.6. The maximum atomic E-state index is 9.76. The first-order valence-corrected chi connectivity index (χ1v) is 8.04. The Bertz CT molecular complexity index is 613. The average Bonchev–Trinajstić information content (AvgIpc) is 2.84. The predicted octanol–water partition coefficient (Wildman–Crippen LogP) is 3.16. The number of piperidine rings is 1. The van der Waals surface area contributed by atoms with Crippen LogP contribution >= 0.6 is 0 Å². The summed E-state index contributed by atoms with van der Waals surface area (Å²) in [6.07, 6.45) is 3.42. The molecule has 0 bridgehead atoms. The fourth-order valence-electron chi connectivity index (χ4n) is 3.70. The molecule has 1 aromatic carbocycles. The van der Waals surface area contributed by atoms with Crippen molar-refractivity contribution in [3.63, 3.8) is 0 Å². The molecule has 2 heterocycles. The predicted molar refractivity (Wildman–Crippen MR) is 87.2 cm³/mol. The second-order valence-corrected chi connectivity index (χ2v) is 6.58. The first-order valence-electron chi connectivity index (χ1n) is 8.04. The second-order valence-electron chi connectivity index (χ2n) is 6.58. The quantitative estimate of drug-likeness (QED) is 0.935. The first-order chi connectivity index (χ1) is 10.2. The highest BCUT2D eigenvalue weighted by atomic mass is 16.3. The highest BCUT2D eigenvalue weighted by molar-refractivity contribution is 5.81. The van der Waals surface area contributed by atoms with Gasteiger partial charge in [0.15, 0.2) is 0 Å². The number of fused-ring (bicyclic) bond motifs is 1. The molecule has 1 atom stereocenters. The van der Waals surface area contributed by atoms with Crippen molar-refractivity contribution in [2.75, 3.05) is 19.7 Å². The van der Waals surface area contributed by atoms with E-state index in [0.29, 0.717) is 6.61 Å². The van der Waals surface area contributed by atoms with E-state index in [-0.39, 0.29) is 5.41 Å². The molecule has 114 valence electrons. The Hall–Kier alpha value is -1.32. The zero-order chi connectivity index (χ0) is 14.9. The van der Waals surface area contributed by atoms with E-state index in [1.165, 1.54) is 23.0 Å². The molecule has 1 N–H and O–H groups in total. The summed E-state index contributed by atoms with van der Waals surface area (Å²) in [5.41, 5.74) is 2.78. The Morgan fingerprint density at radius 2 is 2.10 bits per heavy atom. The Labute approximate surface area is 127 Å². The highest BCUT2D eigenvalue weighted by Crippen LogP contribution is 2.33. The lowest BCUT2D eigenvalue weighted by Crippen LogP contribution is -2.44. The number of para-hydroxylation sites is 1. The van der Waals surface area contributed by atoms with E-state index in [1.807, 2.05) is 0 Å². The van der Waals surface area contributed by atoms with Crippen molar-refractivity contribution in [1.82, 2.24) is 9.47 Å². The minimum Gasteiger partial charge on any atom is -0.396 e. The van der Waals surface area contributed by atoms with E-state index in [1.54, 1.807) is 0 Å². The Kier molecular flexibility index (Phi) is 4.05. The van der Waals surface area contributed by atoms with Crippen molar-refractivity contribution < 1.29 is 5.11 Å². The van der Waals surface area contributed by atoms with E-state index in [4.69, 9.17) is 0 Å². The van der Waals surface area contributed by atoms with Crippen molar-refractivity contribution in [2.24, 2.45) is 12.5 Å². The van der Waals surface area contributed by atoms with Crippen LogP contribution in [0, 0.1) is 5.41 Å². The fraction of sp³-hybridized carbons (Fsp3) is 0.556. The monoisotopic (exact) mass is 286 g/mol. The molecule has 0 unspecified atom stereocenters. The van der Waals surface area contributed by atoms with Gasteiger partial charge in [0, 0.05) is 43.4 Å². The van der Waals surface area contributed by atoms with Crippen molar-refractivity contribution in [1.29, 1.82) is 0 Å². The van der Waals surface area contributed by atoms with Gasteiger partial charge in [-0.15, -0.1) is 0 Å². The van der Waals surface area contributed by atoms with Crippen LogP contribution in [-0.4, -0.2) is 34.3 Å². The van der Waals surface area contributed by atoms with Crippen LogP contribution in [-0.2, 0) is 13.6 Å². The summed E-state index contributed by atoms with van der Waals surface area (Å²) in [5.74, 6) is 0. The summed E-state index contributed by atoms with van der Waals surface area (Å²) in [6, 6.07) is 10.9. The minimum absolute atomic E-state index is 0.114. The lowest BCUT2D eigenvalue weighted by molar-refractivity contribution is 0.0250. The smallest absolute Gasteiger partial charge is 0.0499 e. The topological polar surface area (TPSA) is 28.4 Å². The zero-order valence-electron chi connectivity index (χ0n) is 13.2. The van der Waals surface area contributed by atoms with Gasteiger partial charge in [-0.2, -0.15) is 0 Å². The van der Waals surface area contributed by atoms with Gasteiger partial charge in [0.05, 0.1) is 0 Å². The maximum Gasteiger partial charge on any atom is 0.0499 e. The number of benzene rings is 1. The normalized spacial score (nSPS) is 23.8. The van der Waals surface area contributed by atoms with Crippen molar-refractivity contribution in [3.05, 3.63) is 36.0 Å². The molecular weight excluding hydrogens is 260 g/mol. The molecule has 0 amide bonds. The number of likely N-dealkylation sites (tertiary alicyclic amines) is 1. The lowest BCUT2D eigenvalue weighted by atomic mass is 9.78. The van der Waals surface area contributed by atoms with Crippen LogP contribution in [0.3, 0.4) is 0 Å². The molecule has 1 aliphatic rings.